The number of anilines is 2. The van der Waals surface area contributed by atoms with Crippen LogP contribution in [0.5, 0.6) is 11.5 Å². The second-order valence-electron chi connectivity index (χ2n) is 4.91. The van der Waals surface area contributed by atoms with Gasteiger partial charge in [-0.25, -0.2) is 0 Å². The fraction of sp³-hybridized carbons (Fsp3) is 0.467. The van der Waals surface area contributed by atoms with E-state index in [1.54, 1.807) is 17.0 Å². The quantitative estimate of drug-likeness (QED) is 0.770. The highest BCUT2D eigenvalue weighted by atomic mass is 35.5. The molecule has 128 valence electrons. The molecule has 1 aromatic carbocycles. The van der Waals surface area contributed by atoms with Crippen LogP contribution in [0.2, 0.25) is 0 Å². The van der Waals surface area contributed by atoms with E-state index in [1.165, 1.54) is 0 Å². The number of nitrogens with two attached hydrogens (primary N) is 1. The van der Waals surface area contributed by atoms with E-state index in [-0.39, 0.29) is 43.9 Å². The Morgan fingerprint density at radius 1 is 1.17 bits per heavy atom. The van der Waals surface area contributed by atoms with Crippen molar-refractivity contribution in [1.29, 1.82) is 0 Å². The number of halogens is 1. The summed E-state index contributed by atoms with van der Waals surface area (Å²) in [4.78, 5) is 25.5. The molecule has 0 radical (unpaired) electrons. The average Bonchev–Trinajstić information content (AvgIpc) is 2.94. The third kappa shape index (κ3) is 4.66. The van der Waals surface area contributed by atoms with Gasteiger partial charge in [0.2, 0.25) is 18.6 Å². The van der Waals surface area contributed by atoms with E-state index in [4.69, 9.17) is 15.2 Å². The number of carbonyl (C=O) groups excluding carboxylic acids is 2. The van der Waals surface area contributed by atoms with Crippen LogP contribution >= 0.6 is 12.4 Å². The molecule has 1 aromatic rings. The Bertz CT molecular complexity index is 576. The molecule has 1 aliphatic rings. The van der Waals surface area contributed by atoms with Gasteiger partial charge in [-0.2, -0.15) is 0 Å². The van der Waals surface area contributed by atoms with Crippen LogP contribution < -0.4 is 20.5 Å². The number of ether oxygens (including phenoxy) is 2. The van der Waals surface area contributed by atoms with E-state index in [2.05, 4.69) is 5.32 Å². The van der Waals surface area contributed by atoms with Crippen LogP contribution in [0.1, 0.15) is 26.7 Å². The molecular formula is C15H22ClN3O4. The molecule has 2 rings (SSSR count). The lowest BCUT2D eigenvalue weighted by molar-refractivity contribution is -0.132. The minimum absolute atomic E-state index is 0. The van der Waals surface area contributed by atoms with Crippen molar-refractivity contribution in [3.05, 3.63) is 12.1 Å². The van der Waals surface area contributed by atoms with E-state index < -0.39 is 0 Å². The van der Waals surface area contributed by atoms with Gasteiger partial charge in [-0.15, -0.1) is 12.4 Å². The zero-order chi connectivity index (χ0) is 16.1. The predicted octanol–water partition coefficient (Wildman–Crippen LogP) is 2.01. The molecule has 0 saturated carbocycles. The summed E-state index contributed by atoms with van der Waals surface area (Å²) in [6.07, 6.45) is 0.293. The minimum atomic E-state index is -0.258. The summed E-state index contributed by atoms with van der Waals surface area (Å²) >= 11 is 0. The van der Waals surface area contributed by atoms with Gasteiger partial charge in [-0.1, -0.05) is 0 Å². The lowest BCUT2D eigenvalue weighted by atomic mass is 10.2. The maximum Gasteiger partial charge on any atom is 0.231 e. The monoisotopic (exact) mass is 343 g/mol. The first-order valence-corrected chi connectivity index (χ1v) is 7.31. The van der Waals surface area contributed by atoms with E-state index in [0.717, 1.165) is 0 Å². The Morgan fingerprint density at radius 3 is 2.39 bits per heavy atom. The fourth-order valence-corrected chi connectivity index (χ4v) is 2.23. The van der Waals surface area contributed by atoms with Gasteiger partial charge in [0.1, 0.15) is 0 Å². The lowest BCUT2D eigenvalue weighted by Gasteiger charge is -2.18. The molecule has 1 heterocycles. The van der Waals surface area contributed by atoms with Crippen LogP contribution in [-0.2, 0) is 9.59 Å². The van der Waals surface area contributed by atoms with Crippen LogP contribution in [0.15, 0.2) is 12.1 Å². The summed E-state index contributed by atoms with van der Waals surface area (Å²) in [7, 11) is 0. The number of nitrogen functional groups attached to an aromatic ring is 1. The second kappa shape index (κ2) is 8.47. The molecular weight excluding hydrogens is 322 g/mol. The van der Waals surface area contributed by atoms with Gasteiger partial charge >= 0.3 is 0 Å². The Morgan fingerprint density at radius 2 is 1.78 bits per heavy atom. The molecule has 0 atom stereocenters. The highest BCUT2D eigenvalue weighted by Crippen LogP contribution is 2.38. The van der Waals surface area contributed by atoms with Crippen molar-refractivity contribution in [2.45, 2.75) is 26.7 Å². The largest absolute Gasteiger partial charge is 0.454 e. The second-order valence-corrected chi connectivity index (χ2v) is 4.91. The summed E-state index contributed by atoms with van der Waals surface area (Å²) in [5.74, 6) is 0.820. The topological polar surface area (TPSA) is 93.9 Å². The van der Waals surface area contributed by atoms with Crippen molar-refractivity contribution in [2.24, 2.45) is 0 Å². The zero-order valence-electron chi connectivity index (χ0n) is 13.3. The van der Waals surface area contributed by atoms with Gasteiger partial charge in [0.15, 0.2) is 11.5 Å². The Balaban J connectivity index is 0.00000264. The first-order chi connectivity index (χ1) is 10.5. The van der Waals surface area contributed by atoms with Crippen molar-refractivity contribution in [3.63, 3.8) is 0 Å². The maximum atomic E-state index is 12.0. The maximum absolute atomic E-state index is 12.0. The standard InChI is InChI=1S/C15H21N3O4.ClH/c1-3-18(4-2)15(20)6-5-14(19)17-11-8-13-12(7-10(11)16)21-9-22-13;/h7-8H,3-6,9,16H2,1-2H3,(H,17,19);1H. The van der Waals surface area contributed by atoms with Gasteiger partial charge in [0.25, 0.3) is 0 Å². The summed E-state index contributed by atoms with van der Waals surface area (Å²) in [6.45, 7) is 5.26. The molecule has 0 aliphatic carbocycles. The van der Waals surface area contributed by atoms with Crippen LogP contribution in [0.3, 0.4) is 0 Å². The molecule has 0 fully saturated rings. The third-order valence-corrected chi connectivity index (χ3v) is 3.50. The van der Waals surface area contributed by atoms with Crippen molar-refractivity contribution < 1.29 is 19.1 Å². The number of hydrogen-bond acceptors (Lipinski definition) is 5. The molecule has 7 nitrogen and oxygen atoms in total. The number of benzene rings is 1. The first kappa shape index (κ1) is 18.9. The number of rotatable bonds is 6. The Labute approximate surface area is 141 Å². The van der Waals surface area contributed by atoms with E-state index in [0.29, 0.717) is 36.0 Å². The van der Waals surface area contributed by atoms with Gasteiger partial charge in [-0.05, 0) is 13.8 Å². The summed E-state index contributed by atoms with van der Waals surface area (Å²) < 4.78 is 10.4. The van der Waals surface area contributed by atoms with Crippen LogP contribution in [0.4, 0.5) is 11.4 Å². The van der Waals surface area contributed by atoms with Crippen LogP contribution in [-0.4, -0.2) is 36.6 Å². The van der Waals surface area contributed by atoms with Crippen molar-refractivity contribution in [2.75, 3.05) is 30.9 Å². The number of hydrogen-bond donors (Lipinski definition) is 2. The van der Waals surface area contributed by atoms with Crippen LogP contribution in [0, 0.1) is 0 Å². The van der Waals surface area contributed by atoms with E-state index in [9.17, 15) is 9.59 Å². The van der Waals surface area contributed by atoms with Gasteiger partial charge in [0.05, 0.1) is 11.4 Å². The number of carbonyl (C=O) groups is 2. The minimum Gasteiger partial charge on any atom is -0.454 e. The highest BCUT2D eigenvalue weighted by Gasteiger charge is 2.18. The smallest absolute Gasteiger partial charge is 0.231 e. The molecule has 0 aromatic heterocycles. The number of nitrogens with one attached hydrogen (secondary N) is 1. The normalized spacial score (nSPS) is 11.6. The molecule has 1 aliphatic heterocycles. The summed E-state index contributed by atoms with van der Waals surface area (Å²) in [5.41, 5.74) is 6.72. The van der Waals surface area contributed by atoms with Gasteiger partial charge in [0, 0.05) is 38.1 Å². The van der Waals surface area contributed by atoms with Crippen molar-refractivity contribution >= 4 is 35.6 Å². The molecule has 0 spiro atoms. The first-order valence-electron chi connectivity index (χ1n) is 7.31. The summed E-state index contributed by atoms with van der Waals surface area (Å²) in [5, 5.41) is 2.70. The summed E-state index contributed by atoms with van der Waals surface area (Å²) in [6, 6.07) is 3.24. The van der Waals surface area contributed by atoms with Crippen molar-refractivity contribution in [3.8, 4) is 11.5 Å². The molecule has 23 heavy (non-hydrogen) atoms. The SMILES string of the molecule is CCN(CC)C(=O)CCC(=O)Nc1cc2c(cc1N)OCO2.Cl. The van der Waals surface area contributed by atoms with E-state index >= 15 is 0 Å². The van der Waals surface area contributed by atoms with Crippen molar-refractivity contribution in [1.82, 2.24) is 4.90 Å². The Hall–Kier alpha value is -2.15. The highest BCUT2D eigenvalue weighted by molar-refractivity contribution is 5.96. The van der Waals surface area contributed by atoms with E-state index in [1.807, 2.05) is 13.8 Å². The predicted molar refractivity (Wildman–Crippen MR) is 90.0 cm³/mol. The fourth-order valence-electron chi connectivity index (χ4n) is 2.23. The average molecular weight is 344 g/mol. The number of amides is 2. The molecule has 0 saturated heterocycles. The molecule has 2 amide bonds. The molecule has 0 bridgehead atoms. The lowest BCUT2D eigenvalue weighted by Crippen LogP contribution is -2.31. The molecule has 8 heteroatoms. The number of nitrogens with zero attached hydrogens (tertiary/aromatic N) is 1. The Kier molecular flexibility index (Phi) is 6.96. The van der Waals surface area contributed by atoms with Crippen LogP contribution in [0.25, 0.3) is 0 Å². The number of fused-ring (bicyclic) bond motifs is 1. The third-order valence-electron chi connectivity index (χ3n) is 3.50. The van der Waals surface area contributed by atoms with Gasteiger partial charge < -0.3 is 25.4 Å². The molecule has 0 unspecified atom stereocenters. The van der Waals surface area contributed by atoms with Gasteiger partial charge in [-0.3, -0.25) is 9.59 Å². The zero-order valence-corrected chi connectivity index (χ0v) is 14.1. The molecule has 3 N–H and O–H groups in total.